The van der Waals surface area contributed by atoms with Gasteiger partial charge in [0.2, 0.25) is 0 Å². The van der Waals surface area contributed by atoms with Crippen LogP contribution in [-0.2, 0) is 14.3 Å². The van der Waals surface area contributed by atoms with Crippen LogP contribution in [-0.4, -0.2) is 42.4 Å². The van der Waals surface area contributed by atoms with Crippen molar-refractivity contribution in [3.63, 3.8) is 0 Å². The Bertz CT molecular complexity index is 598. The molecule has 0 aromatic heterocycles. The maximum absolute atomic E-state index is 12.7. The summed E-state index contributed by atoms with van der Waals surface area (Å²) in [5.41, 5.74) is 0.326. The molecule has 6 heteroatoms. The smallest absolute Gasteiger partial charge is 0.310 e. The molecule has 0 aliphatic carbocycles. The number of carbonyl (C=O) groups excluding carboxylic acids is 3. The number of benzene rings is 1. The summed E-state index contributed by atoms with van der Waals surface area (Å²) in [4.78, 5) is 37.4. The number of hydrogen-bond acceptors (Lipinski definition) is 5. The van der Waals surface area contributed by atoms with Crippen LogP contribution in [0.1, 0.15) is 37.0 Å². The molecule has 0 bridgehead atoms. The molecule has 2 rings (SSSR count). The Balaban J connectivity index is 2.14. The first-order valence-electron chi connectivity index (χ1n) is 7.76. The van der Waals surface area contributed by atoms with Gasteiger partial charge in [0.05, 0.1) is 18.1 Å². The molecule has 0 N–H and O–H groups in total. The van der Waals surface area contributed by atoms with Gasteiger partial charge in [0, 0.05) is 20.0 Å². The van der Waals surface area contributed by atoms with Gasteiger partial charge >= 0.3 is 11.9 Å². The van der Waals surface area contributed by atoms with Crippen LogP contribution in [0.25, 0.3) is 0 Å². The molecule has 0 saturated carbocycles. The van der Waals surface area contributed by atoms with Gasteiger partial charge in [-0.2, -0.15) is 0 Å². The first kappa shape index (κ1) is 17.0. The van der Waals surface area contributed by atoms with E-state index in [1.54, 1.807) is 36.1 Å². The van der Waals surface area contributed by atoms with Crippen molar-refractivity contribution in [2.75, 3.05) is 19.7 Å². The number of likely N-dealkylation sites (tertiary alicyclic amines) is 1. The molecule has 0 unspecified atom stereocenters. The highest BCUT2D eigenvalue weighted by atomic mass is 16.5. The quantitative estimate of drug-likeness (QED) is 0.627. The Morgan fingerprint density at radius 3 is 2.70 bits per heavy atom. The van der Waals surface area contributed by atoms with Crippen LogP contribution in [0.3, 0.4) is 0 Å². The summed E-state index contributed by atoms with van der Waals surface area (Å²) in [7, 11) is 0. The minimum Gasteiger partial charge on any atom is -0.466 e. The zero-order valence-corrected chi connectivity index (χ0v) is 13.4. The van der Waals surface area contributed by atoms with Crippen LogP contribution in [0.15, 0.2) is 24.3 Å². The number of esters is 2. The predicted molar refractivity (Wildman–Crippen MR) is 83.0 cm³/mol. The molecule has 1 amide bonds. The third kappa shape index (κ3) is 4.31. The Morgan fingerprint density at radius 1 is 1.26 bits per heavy atom. The van der Waals surface area contributed by atoms with E-state index in [-0.39, 0.29) is 23.5 Å². The summed E-state index contributed by atoms with van der Waals surface area (Å²) >= 11 is 0. The number of nitrogens with zero attached hydrogens (tertiary/aromatic N) is 1. The molecule has 1 saturated heterocycles. The summed E-state index contributed by atoms with van der Waals surface area (Å²) in [6.45, 7) is 4.28. The SMILES string of the molecule is CCOC(=O)[C@H]1CCCN(C(=O)c2ccccc2OC(C)=O)C1. The summed E-state index contributed by atoms with van der Waals surface area (Å²) in [5.74, 6) is -1.04. The number of carbonyl (C=O) groups is 3. The van der Waals surface area contributed by atoms with E-state index >= 15 is 0 Å². The van der Waals surface area contributed by atoms with Crippen molar-refractivity contribution in [2.45, 2.75) is 26.7 Å². The van der Waals surface area contributed by atoms with Gasteiger partial charge in [0.15, 0.2) is 0 Å². The van der Waals surface area contributed by atoms with Crippen molar-refractivity contribution in [2.24, 2.45) is 5.92 Å². The Morgan fingerprint density at radius 2 is 2.00 bits per heavy atom. The number of amides is 1. The maximum Gasteiger partial charge on any atom is 0.310 e. The van der Waals surface area contributed by atoms with E-state index in [2.05, 4.69) is 0 Å². The van der Waals surface area contributed by atoms with Gasteiger partial charge in [-0.25, -0.2) is 0 Å². The van der Waals surface area contributed by atoms with E-state index in [1.807, 2.05) is 0 Å². The standard InChI is InChI=1S/C17H21NO5/c1-3-22-17(21)13-7-6-10-18(11-13)16(20)14-8-4-5-9-15(14)23-12(2)19/h4-5,8-9,13H,3,6-7,10-11H2,1-2H3/t13-/m0/s1. The number of para-hydroxylation sites is 1. The monoisotopic (exact) mass is 319 g/mol. The number of rotatable bonds is 4. The van der Waals surface area contributed by atoms with Gasteiger partial charge in [-0.1, -0.05) is 12.1 Å². The van der Waals surface area contributed by atoms with Crippen molar-refractivity contribution in [1.29, 1.82) is 0 Å². The van der Waals surface area contributed by atoms with Gasteiger partial charge in [0.1, 0.15) is 5.75 Å². The third-order valence-electron chi connectivity index (χ3n) is 3.70. The average molecular weight is 319 g/mol. The molecule has 23 heavy (non-hydrogen) atoms. The van der Waals surface area contributed by atoms with Crippen LogP contribution < -0.4 is 4.74 Å². The van der Waals surface area contributed by atoms with Crippen molar-refractivity contribution >= 4 is 17.8 Å². The zero-order chi connectivity index (χ0) is 16.8. The van der Waals surface area contributed by atoms with Crippen molar-refractivity contribution in [3.05, 3.63) is 29.8 Å². The highest BCUT2D eigenvalue weighted by molar-refractivity contribution is 5.98. The van der Waals surface area contributed by atoms with Gasteiger partial charge < -0.3 is 14.4 Å². The fraction of sp³-hybridized carbons (Fsp3) is 0.471. The Labute approximate surface area is 135 Å². The Kier molecular flexibility index (Phi) is 5.73. The fourth-order valence-electron chi connectivity index (χ4n) is 2.67. The molecule has 1 fully saturated rings. The molecule has 0 radical (unpaired) electrons. The topological polar surface area (TPSA) is 72.9 Å². The maximum atomic E-state index is 12.7. The largest absolute Gasteiger partial charge is 0.466 e. The number of piperidine rings is 1. The lowest BCUT2D eigenvalue weighted by Gasteiger charge is -2.31. The summed E-state index contributed by atoms with van der Waals surface area (Å²) in [5, 5.41) is 0. The van der Waals surface area contributed by atoms with Gasteiger partial charge in [-0.15, -0.1) is 0 Å². The van der Waals surface area contributed by atoms with E-state index in [0.717, 1.165) is 6.42 Å². The number of ether oxygens (including phenoxy) is 2. The first-order chi connectivity index (χ1) is 11.0. The Hall–Kier alpha value is -2.37. The fourth-order valence-corrected chi connectivity index (χ4v) is 2.67. The van der Waals surface area contributed by atoms with Crippen molar-refractivity contribution < 1.29 is 23.9 Å². The highest BCUT2D eigenvalue weighted by Gasteiger charge is 2.30. The van der Waals surface area contributed by atoms with Crippen LogP contribution >= 0.6 is 0 Å². The van der Waals surface area contributed by atoms with E-state index < -0.39 is 5.97 Å². The zero-order valence-electron chi connectivity index (χ0n) is 13.4. The van der Waals surface area contributed by atoms with E-state index in [9.17, 15) is 14.4 Å². The van der Waals surface area contributed by atoms with Crippen LogP contribution in [0, 0.1) is 5.92 Å². The van der Waals surface area contributed by atoms with Gasteiger partial charge in [-0.3, -0.25) is 14.4 Å². The summed E-state index contributed by atoms with van der Waals surface area (Å²) in [6, 6.07) is 6.62. The molecule has 0 spiro atoms. The van der Waals surface area contributed by atoms with E-state index in [1.165, 1.54) is 6.92 Å². The average Bonchev–Trinajstić information content (AvgIpc) is 2.54. The molecule has 1 aliphatic rings. The number of hydrogen-bond donors (Lipinski definition) is 0. The molecule has 6 nitrogen and oxygen atoms in total. The minimum absolute atomic E-state index is 0.239. The minimum atomic E-state index is -0.478. The summed E-state index contributed by atoms with van der Waals surface area (Å²) < 4.78 is 10.1. The van der Waals surface area contributed by atoms with Crippen molar-refractivity contribution in [1.82, 2.24) is 4.90 Å². The van der Waals surface area contributed by atoms with E-state index in [0.29, 0.717) is 31.7 Å². The normalized spacial score (nSPS) is 17.5. The van der Waals surface area contributed by atoms with Gasteiger partial charge in [-0.05, 0) is 31.9 Å². The first-order valence-corrected chi connectivity index (χ1v) is 7.76. The summed E-state index contributed by atoms with van der Waals surface area (Å²) in [6.07, 6.45) is 1.46. The third-order valence-corrected chi connectivity index (χ3v) is 3.70. The van der Waals surface area contributed by atoms with Crippen LogP contribution in [0.2, 0.25) is 0 Å². The van der Waals surface area contributed by atoms with Crippen LogP contribution in [0.4, 0.5) is 0 Å². The molecule has 1 aromatic rings. The molecular weight excluding hydrogens is 298 g/mol. The molecule has 1 aliphatic heterocycles. The van der Waals surface area contributed by atoms with Crippen molar-refractivity contribution in [3.8, 4) is 5.75 Å². The highest BCUT2D eigenvalue weighted by Crippen LogP contribution is 2.24. The second-order valence-electron chi connectivity index (χ2n) is 5.43. The van der Waals surface area contributed by atoms with Crippen LogP contribution in [0.5, 0.6) is 5.75 Å². The second kappa shape index (κ2) is 7.76. The lowest BCUT2D eigenvalue weighted by atomic mass is 9.97. The molecule has 1 heterocycles. The van der Waals surface area contributed by atoms with Gasteiger partial charge in [0.25, 0.3) is 5.91 Å². The molecule has 1 atom stereocenters. The molecular formula is C17H21NO5. The van der Waals surface area contributed by atoms with E-state index in [4.69, 9.17) is 9.47 Å². The predicted octanol–water partition coefficient (Wildman–Crippen LogP) is 2.03. The molecule has 124 valence electrons. The molecule has 1 aromatic carbocycles. The lowest BCUT2D eigenvalue weighted by molar-refractivity contribution is -0.149. The second-order valence-corrected chi connectivity index (χ2v) is 5.43. The lowest BCUT2D eigenvalue weighted by Crippen LogP contribution is -2.43.